The van der Waals surface area contributed by atoms with Gasteiger partial charge >= 0.3 is 6.09 Å². The van der Waals surface area contributed by atoms with Crippen molar-refractivity contribution in [3.05, 3.63) is 11.6 Å². The van der Waals surface area contributed by atoms with Crippen LogP contribution in [0.2, 0.25) is 0 Å². The predicted octanol–water partition coefficient (Wildman–Crippen LogP) is 1.60. The van der Waals surface area contributed by atoms with Crippen molar-refractivity contribution in [1.29, 1.82) is 0 Å². The third-order valence-corrected chi connectivity index (χ3v) is 5.50. The van der Waals surface area contributed by atoms with Crippen molar-refractivity contribution in [1.82, 2.24) is 20.2 Å². The van der Waals surface area contributed by atoms with Gasteiger partial charge in [-0.15, -0.1) is 0 Å². The number of imide groups is 1. The van der Waals surface area contributed by atoms with Crippen LogP contribution in [0.3, 0.4) is 0 Å². The number of carbonyl (C=O) groups is 4. The molecule has 0 saturated carbocycles. The number of nitrogens with zero attached hydrogens (tertiary/aromatic N) is 2. The first-order chi connectivity index (χ1) is 14.7. The Morgan fingerprint density at radius 1 is 1.03 bits per heavy atom. The van der Waals surface area contributed by atoms with Crippen molar-refractivity contribution >= 4 is 33.2 Å². The Balaban J connectivity index is 6.05. The Morgan fingerprint density at radius 2 is 1.52 bits per heavy atom. The summed E-state index contributed by atoms with van der Waals surface area (Å²) in [5.74, 6) is -1.76. The average Bonchev–Trinajstić information content (AvgIpc) is 2.59. The molecule has 11 heteroatoms. The maximum absolute atomic E-state index is 13.5. The molecule has 0 aromatic carbocycles. The largest absolute Gasteiger partial charge is 0.465 e. The van der Waals surface area contributed by atoms with Crippen molar-refractivity contribution in [2.24, 2.45) is 11.3 Å². The molecule has 0 aliphatic carbocycles. The number of rotatable bonds is 9. The molecular formula is C22H41N4O6P. The zero-order valence-corrected chi connectivity index (χ0v) is 22.5. The molecule has 190 valence electrons. The normalized spacial score (nSPS) is 15.6. The molecule has 33 heavy (non-hydrogen) atoms. The molecule has 0 aliphatic rings. The molecule has 10 nitrogen and oxygen atoms in total. The van der Waals surface area contributed by atoms with Crippen LogP contribution in [-0.2, 0) is 14.4 Å². The van der Waals surface area contributed by atoms with E-state index in [2.05, 4.69) is 14.7 Å². The molecule has 0 heterocycles. The zero-order chi connectivity index (χ0) is 26.5. The molecule has 0 bridgehead atoms. The fourth-order valence-electron chi connectivity index (χ4n) is 3.50. The van der Waals surface area contributed by atoms with Crippen molar-refractivity contribution in [2.45, 2.75) is 79.1 Å². The van der Waals surface area contributed by atoms with Crippen LogP contribution in [0.15, 0.2) is 11.6 Å². The van der Waals surface area contributed by atoms with Gasteiger partial charge in [-0.25, -0.2) is 4.79 Å². The second kappa shape index (κ2) is 11.9. The van der Waals surface area contributed by atoms with Crippen molar-refractivity contribution in [3.63, 3.8) is 0 Å². The number of nitrogens with one attached hydrogen (secondary N) is 2. The van der Waals surface area contributed by atoms with Gasteiger partial charge in [0.2, 0.25) is 11.8 Å². The van der Waals surface area contributed by atoms with E-state index in [0.29, 0.717) is 0 Å². The van der Waals surface area contributed by atoms with Gasteiger partial charge in [0.15, 0.2) is 0 Å². The van der Waals surface area contributed by atoms with Gasteiger partial charge in [0, 0.05) is 12.6 Å². The highest BCUT2D eigenvalue weighted by molar-refractivity contribution is 7.13. The first kappa shape index (κ1) is 31.0. The zero-order valence-electron chi connectivity index (χ0n) is 21.4. The van der Waals surface area contributed by atoms with Crippen molar-refractivity contribution < 1.29 is 29.4 Å². The summed E-state index contributed by atoms with van der Waals surface area (Å²) in [7, 11) is 5.57. The summed E-state index contributed by atoms with van der Waals surface area (Å²) in [4.78, 5) is 50.9. The number of aliphatic hydroxyl groups is 1. The lowest BCUT2D eigenvalue weighted by atomic mass is 9.84. The van der Waals surface area contributed by atoms with Crippen LogP contribution in [0, 0.1) is 11.3 Å². The van der Waals surface area contributed by atoms with E-state index in [-0.39, 0.29) is 17.4 Å². The van der Waals surface area contributed by atoms with Gasteiger partial charge in [0.1, 0.15) is 12.1 Å². The van der Waals surface area contributed by atoms with Gasteiger partial charge in [0.05, 0.1) is 11.6 Å². The highest BCUT2D eigenvalue weighted by Gasteiger charge is 2.41. The number of amides is 4. The van der Waals surface area contributed by atoms with Crippen molar-refractivity contribution in [3.8, 4) is 0 Å². The molecular weight excluding hydrogens is 447 g/mol. The monoisotopic (exact) mass is 488 g/mol. The summed E-state index contributed by atoms with van der Waals surface area (Å²) in [5, 5.41) is 23.8. The molecule has 0 aromatic rings. The summed E-state index contributed by atoms with van der Waals surface area (Å²) >= 11 is 0. The number of likely N-dealkylation sites (N-methyl/N-ethyl adjacent to an activating group) is 2. The van der Waals surface area contributed by atoms with E-state index < -0.39 is 47.0 Å². The lowest BCUT2D eigenvalue weighted by Gasteiger charge is -2.40. The Kier molecular flexibility index (Phi) is 11.2. The standard InChI is InChI=1S/C22H41N4O6P/c1-12(2)14(11-13(3)17(27)24-20(30)31)25(9)19(29)15(21(4,5)6)23-18(28)16(26(10)33)22(7,8)32/h11-12,14-16,32H,33H2,1-10H3,(H,23,28)(H,24,27)(H,30,31)/b13-11+/t14-,15-,16-/m1/s1. The van der Waals surface area contributed by atoms with Gasteiger partial charge < -0.3 is 20.4 Å². The smallest absolute Gasteiger partial charge is 0.411 e. The van der Waals surface area contributed by atoms with E-state index in [1.165, 1.54) is 30.3 Å². The van der Waals surface area contributed by atoms with Crippen LogP contribution < -0.4 is 10.6 Å². The maximum atomic E-state index is 13.5. The SMILES string of the molecule is C/C(=C\[C@H](C(C)C)N(C)C(=O)[C@@H](NC(=O)[C@@H](N(C)P)C(C)(C)O)C(C)(C)C)C(=O)NC(=O)O. The van der Waals surface area contributed by atoms with E-state index in [1.807, 2.05) is 34.6 Å². The minimum Gasteiger partial charge on any atom is -0.465 e. The van der Waals surface area contributed by atoms with Crippen LogP contribution in [0.1, 0.15) is 55.4 Å². The summed E-state index contributed by atoms with van der Waals surface area (Å²) in [6, 6.07) is -2.38. The van der Waals surface area contributed by atoms with E-state index in [4.69, 9.17) is 5.11 Å². The van der Waals surface area contributed by atoms with E-state index in [0.717, 1.165) is 0 Å². The lowest BCUT2D eigenvalue weighted by Crippen LogP contribution is -2.61. The molecule has 1 unspecified atom stereocenters. The topological polar surface area (TPSA) is 139 Å². The maximum Gasteiger partial charge on any atom is 0.411 e. The molecule has 0 radical (unpaired) electrons. The summed E-state index contributed by atoms with van der Waals surface area (Å²) < 4.78 is 1.51. The highest BCUT2D eigenvalue weighted by Crippen LogP contribution is 2.25. The fourth-order valence-corrected chi connectivity index (χ4v) is 4.00. The number of hydrogen-bond donors (Lipinski definition) is 4. The first-order valence-electron chi connectivity index (χ1n) is 10.7. The van der Waals surface area contributed by atoms with Crippen LogP contribution in [0.5, 0.6) is 0 Å². The minimum absolute atomic E-state index is 0.106. The lowest BCUT2D eigenvalue weighted by molar-refractivity contribution is -0.143. The Labute approximate surface area is 199 Å². The van der Waals surface area contributed by atoms with Gasteiger partial charge in [-0.3, -0.25) is 24.4 Å². The van der Waals surface area contributed by atoms with E-state index in [9.17, 15) is 24.3 Å². The van der Waals surface area contributed by atoms with Gasteiger partial charge in [-0.2, -0.15) is 0 Å². The van der Waals surface area contributed by atoms with Gasteiger partial charge in [0.25, 0.3) is 5.91 Å². The Bertz CT molecular complexity index is 768. The molecule has 0 aliphatic heterocycles. The number of carboxylic acid groups (broad SMARTS) is 1. The minimum atomic E-state index is -1.46. The summed E-state index contributed by atoms with van der Waals surface area (Å²) in [5.41, 5.74) is -1.87. The van der Waals surface area contributed by atoms with Crippen LogP contribution in [-0.4, -0.2) is 81.4 Å². The van der Waals surface area contributed by atoms with E-state index in [1.54, 1.807) is 25.5 Å². The third-order valence-electron chi connectivity index (χ3n) is 5.20. The fraction of sp³-hybridized carbons (Fsp3) is 0.727. The highest BCUT2D eigenvalue weighted by atomic mass is 31.0. The predicted molar refractivity (Wildman–Crippen MR) is 130 cm³/mol. The number of hydrogen-bond acceptors (Lipinski definition) is 6. The average molecular weight is 489 g/mol. The molecule has 0 rings (SSSR count). The second-order valence-corrected chi connectivity index (χ2v) is 11.1. The molecule has 0 fully saturated rings. The Morgan fingerprint density at radius 3 is 1.85 bits per heavy atom. The molecule has 4 amide bonds. The van der Waals surface area contributed by atoms with Gasteiger partial charge in [-0.05, 0) is 39.2 Å². The van der Waals surface area contributed by atoms with Crippen molar-refractivity contribution in [2.75, 3.05) is 14.1 Å². The quantitative estimate of drug-likeness (QED) is 0.286. The molecule has 4 atom stereocenters. The number of carbonyl (C=O) groups excluding carboxylic acids is 3. The van der Waals surface area contributed by atoms with E-state index >= 15 is 0 Å². The van der Waals surface area contributed by atoms with Crippen LogP contribution >= 0.6 is 9.39 Å². The van der Waals surface area contributed by atoms with Gasteiger partial charge in [-0.1, -0.05) is 50.1 Å². The molecule has 0 saturated heterocycles. The van der Waals surface area contributed by atoms with Crippen LogP contribution in [0.25, 0.3) is 0 Å². The molecule has 0 spiro atoms. The molecule has 4 N–H and O–H groups in total. The molecule has 0 aromatic heterocycles. The van der Waals surface area contributed by atoms with Crippen LogP contribution in [0.4, 0.5) is 4.79 Å². The summed E-state index contributed by atoms with van der Waals surface area (Å²) in [6.07, 6.45) is 0.0765. The summed E-state index contributed by atoms with van der Waals surface area (Å²) in [6.45, 7) is 13.7. The first-order valence-corrected chi connectivity index (χ1v) is 11.2. The Hall–Kier alpha value is -2.03. The third kappa shape index (κ3) is 9.39. The second-order valence-electron chi connectivity index (χ2n) is 10.3.